The van der Waals surface area contributed by atoms with Gasteiger partial charge in [0.25, 0.3) is 5.91 Å². The monoisotopic (exact) mass is 260 g/mol. The van der Waals surface area contributed by atoms with Crippen LogP contribution in [-0.4, -0.2) is 34.4 Å². The van der Waals surface area contributed by atoms with Gasteiger partial charge in [-0.2, -0.15) is 5.10 Å². The molecule has 2 atom stereocenters. The number of hydrogen-bond donors (Lipinski definition) is 2. The van der Waals surface area contributed by atoms with Crippen LogP contribution < -0.4 is 11.1 Å². The Morgan fingerprint density at radius 3 is 3.00 bits per heavy atom. The highest BCUT2D eigenvalue weighted by molar-refractivity contribution is 5.94. The van der Waals surface area contributed by atoms with Gasteiger partial charge in [0.1, 0.15) is 6.10 Å². The van der Waals surface area contributed by atoms with E-state index in [2.05, 4.69) is 10.4 Å². The van der Waals surface area contributed by atoms with E-state index in [1.54, 1.807) is 24.1 Å². The Kier molecular flexibility index (Phi) is 4.92. The molecule has 0 spiro atoms. The summed E-state index contributed by atoms with van der Waals surface area (Å²) in [5.41, 5.74) is 6.17. The van der Waals surface area contributed by atoms with Gasteiger partial charge in [0, 0.05) is 19.8 Å². The van der Waals surface area contributed by atoms with E-state index in [0.29, 0.717) is 12.2 Å². The van der Waals surface area contributed by atoms with E-state index in [1.807, 2.05) is 0 Å². The molecule has 1 saturated heterocycles. The third-order valence-corrected chi connectivity index (χ3v) is 2.64. The number of anilines is 1. The molecular formula is C10H17ClN4O2. The maximum Gasteiger partial charge on any atom is 0.253 e. The largest absolute Gasteiger partial charge is 0.364 e. The summed E-state index contributed by atoms with van der Waals surface area (Å²) in [5, 5.41) is 6.73. The van der Waals surface area contributed by atoms with Crippen molar-refractivity contribution in [1.29, 1.82) is 0 Å². The van der Waals surface area contributed by atoms with Crippen LogP contribution in [-0.2, 0) is 16.6 Å². The van der Waals surface area contributed by atoms with Crippen LogP contribution in [0, 0.1) is 0 Å². The molecule has 96 valence electrons. The van der Waals surface area contributed by atoms with Crippen molar-refractivity contribution in [1.82, 2.24) is 9.78 Å². The lowest BCUT2D eigenvalue weighted by Crippen LogP contribution is -2.29. The number of nitrogens with two attached hydrogens (primary N) is 1. The molecule has 0 radical (unpaired) electrons. The second-order valence-corrected chi connectivity index (χ2v) is 3.95. The fraction of sp³-hybridized carbons (Fsp3) is 0.600. The van der Waals surface area contributed by atoms with Crippen molar-refractivity contribution in [2.45, 2.75) is 25.0 Å². The number of ether oxygens (including phenoxy) is 1. The normalized spacial score (nSPS) is 23.2. The predicted octanol–water partition coefficient (Wildman–Crippen LogP) is 0.287. The Bertz CT molecular complexity index is 382. The molecule has 0 aliphatic carbocycles. The number of rotatable bonds is 3. The van der Waals surface area contributed by atoms with Gasteiger partial charge < -0.3 is 15.8 Å². The molecular weight excluding hydrogens is 244 g/mol. The van der Waals surface area contributed by atoms with Crippen LogP contribution in [0.3, 0.4) is 0 Å². The molecule has 0 aromatic carbocycles. The van der Waals surface area contributed by atoms with Crippen LogP contribution in [0.15, 0.2) is 12.4 Å². The first-order valence-corrected chi connectivity index (χ1v) is 5.34. The van der Waals surface area contributed by atoms with Gasteiger partial charge in [0.05, 0.1) is 18.0 Å². The van der Waals surface area contributed by atoms with Crippen molar-refractivity contribution in [3.63, 3.8) is 0 Å². The van der Waals surface area contributed by atoms with E-state index < -0.39 is 0 Å². The van der Waals surface area contributed by atoms with Crippen molar-refractivity contribution in [3.05, 3.63) is 12.4 Å². The smallest absolute Gasteiger partial charge is 0.253 e. The van der Waals surface area contributed by atoms with Crippen LogP contribution in [0.25, 0.3) is 0 Å². The summed E-state index contributed by atoms with van der Waals surface area (Å²) in [6.07, 6.45) is 4.56. The van der Waals surface area contributed by atoms with Gasteiger partial charge in [0.15, 0.2) is 0 Å². The van der Waals surface area contributed by atoms with Gasteiger partial charge >= 0.3 is 0 Å². The number of halogens is 1. The molecule has 0 unspecified atom stereocenters. The lowest BCUT2D eigenvalue weighted by Gasteiger charge is -2.11. The van der Waals surface area contributed by atoms with Crippen molar-refractivity contribution in [2.75, 3.05) is 11.9 Å². The van der Waals surface area contributed by atoms with E-state index in [1.165, 1.54) is 0 Å². The van der Waals surface area contributed by atoms with Crippen LogP contribution in [0.1, 0.15) is 12.8 Å². The highest BCUT2D eigenvalue weighted by atomic mass is 35.5. The summed E-state index contributed by atoms with van der Waals surface area (Å²) in [5.74, 6) is -0.121. The van der Waals surface area contributed by atoms with Gasteiger partial charge in [-0.1, -0.05) is 0 Å². The maximum atomic E-state index is 11.8. The zero-order valence-electron chi connectivity index (χ0n) is 9.63. The second-order valence-electron chi connectivity index (χ2n) is 3.95. The molecule has 3 N–H and O–H groups in total. The molecule has 17 heavy (non-hydrogen) atoms. The van der Waals surface area contributed by atoms with Crippen molar-refractivity contribution in [2.24, 2.45) is 12.8 Å². The van der Waals surface area contributed by atoms with E-state index in [4.69, 9.17) is 10.5 Å². The Morgan fingerprint density at radius 2 is 2.47 bits per heavy atom. The summed E-state index contributed by atoms with van der Waals surface area (Å²) < 4.78 is 7.12. The van der Waals surface area contributed by atoms with Gasteiger partial charge in [-0.15, -0.1) is 12.4 Å². The number of amides is 1. The minimum atomic E-state index is -0.381. The summed E-state index contributed by atoms with van der Waals surface area (Å²) in [7, 11) is 1.80. The highest BCUT2D eigenvalue weighted by Gasteiger charge is 2.29. The Labute approximate surface area is 106 Å². The molecule has 2 rings (SSSR count). The number of carbonyl (C=O) groups excluding carboxylic acids is 1. The standard InChI is InChI=1S/C10H16N4O2.ClH/c1-14-6-7(5-12-14)13-10(15)9-3-2-8(4-11)16-9;/h5-6,8-9H,2-4,11H2,1H3,(H,13,15);1H/t8-,9+;/m1./s1. The molecule has 1 aromatic heterocycles. The zero-order valence-corrected chi connectivity index (χ0v) is 10.4. The minimum Gasteiger partial charge on any atom is -0.364 e. The number of nitrogens with zero attached hydrogens (tertiary/aromatic N) is 2. The van der Waals surface area contributed by atoms with Gasteiger partial charge in [-0.25, -0.2) is 0 Å². The SMILES string of the molecule is Cl.Cn1cc(NC(=O)[C@@H]2CC[C@H](CN)O2)cn1. The van der Waals surface area contributed by atoms with Gasteiger partial charge in [-0.05, 0) is 12.8 Å². The summed E-state index contributed by atoms with van der Waals surface area (Å²) in [6, 6.07) is 0. The average molecular weight is 261 g/mol. The lowest BCUT2D eigenvalue weighted by atomic mass is 10.2. The summed E-state index contributed by atoms with van der Waals surface area (Å²) >= 11 is 0. The molecule has 1 amide bonds. The number of nitrogens with one attached hydrogen (secondary N) is 1. The maximum absolute atomic E-state index is 11.8. The number of carbonyl (C=O) groups is 1. The fourth-order valence-corrected chi connectivity index (χ4v) is 1.78. The van der Waals surface area contributed by atoms with E-state index in [9.17, 15) is 4.79 Å². The summed E-state index contributed by atoms with van der Waals surface area (Å²) in [6.45, 7) is 0.469. The van der Waals surface area contributed by atoms with E-state index in [-0.39, 0.29) is 30.5 Å². The number of aryl methyl sites for hydroxylation is 1. The molecule has 0 saturated carbocycles. The third-order valence-electron chi connectivity index (χ3n) is 2.64. The van der Waals surface area contributed by atoms with Gasteiger partial charge in [-0.3, -0.25) is 9.48 Å². The van der Waals surface area contributed by atoms with Gasteiger partial charge in [0.2, 0.25) is 0 Å². The number of aromatic nitrogens is 2. The Morgan fingerprint density at radius 1 is 1.71 bits per heavy atom. The second kappa shape index (κ2) is 6.00. The van der Waals surface area contributed by atoms with Crippen LogP contribution in [0.5, 0.6) is 0 Å². The minimum absolute atomic E-state index is 0. The molecule has 6 nitrogen and oxygen atoms in total. The molecule has 1 fully saturated rings. The first-order chi connectivity index (χ1) is 7.69. The molecule has 1 aliphatic heterocycles. The quantitative estimate of drug-likeness (QED) is 0.818. The van der Waals surface area contributed by atoms with E-state index in [0.717, 1.165) is 12.8 Å². The first-order valence-electron chi connectivity index (χ1n) is 5.34. The van der Waals surface area contributed by atoms with Crippen molar-refractivity contribution < 1.29 is 9.53 Å². The van der Waals surface area contributed by atoms with Crippen LogP contribution >= 0.6 is 12.4 Å². The Balaban J connectivity index is 0.00000144. The Hall–Kier alpha value is -1.11. The van der Waals surface area contributed by atoms with Crippen LogP contribution in [0.2, 0.25) is 0 Å². The molecule has 7 heteroatoms. The summed E-state index contributed by atoms with van der Waals surface area (Å²) in [4.78, 5) is 11.8. The lowest BCUT2D eigenvalue weighted by molar-refractivity contribution is -0.126. The molecule has 1 aromatic rings. The fourth-order valence-electron chi connectivity index (χ4n) is 1.78. The van der Waals surface area contributed by atoms with Crippen LogP contribution in [0.4, 0.5) is 5.69 Å². The average Bonchev–Trinajstić information content (AvgIpc) is 2.87. The predicted molar refractivity (Wildman–Crippen MR) is 66.0 cm³/mol. The molecule has 2 heterocycles. The molecule has 1 aliphatic rings. The van der Waals surface area contributed by atoms with E-state index >= 15 is 0 Å². The molecule has 0 bridgehead atoms. The van der Waals surface area contributed by atoms with Crippen molar-refractivity contribution >= 4 is 24.0 Å². The highest BCUT2D eigenvalue weighted by Crippen LogP contribution is 2.20. The first kappa shape index (κ1) is 14.0. The van der Waals surface area contributed by atoms with Crippen molar-refractivity contribution in [3.8, 4) is 0 Å². The topological polar surface area (TPSA) is 82.2 Å². The third kappa shape index (κ3) is 3.42. The number of hydrogen-bond acceptors (Lipinski definition) is 4. The zero-order chi connectivity index (χ0) is 11.5.